The van der Waals surface area contributed by atoms with Gasteiger partial charge in [0.15, 0.2) is 0 Å². The second kappa shape index (κ2) is 4.10. The van der Waals surface area contributed by atoms with Crippen molar-refractivity contribution in [3.05, 3.63) is 27.0 Å². The Kier molecular flexibility index (Phi) is 3.02. The van der Waals surface area contributed by atoms with E-state index in [0.717, 1.165) is 14.5 Å². The molecule has 0 aromatic carbocycles. The molecule has 0 amide bonds. The highest BCUT2D eigenvalue weighted by Gasteiger charge is 2.08. The van der Waals surface area contributed by atoms with Crippen LogP contribution in [0.15, 0.2) is 21.3 Å². The van der Waals surface area contributed by atoms with E-state index in [1.54, 1.807) is 22.7 Å². The lowest BCUT2D eigenvalue weighted by molar-refractivity contribution is 0.790. The molecule has 2 N–H and O–H groups in total. The number of nitrogens with zero attached hydrogens (tertiary/aromatic N) is 1. The highest BCUT2D eigenvalue weighted by Crippen LogP contribution is 2.33. The number of nitrogens with two attached hydrogens (primary N) is 1. The van der Waals surface area contributed by atoms with E-state index < -0.39 is 0 Å². The summed E-state index contributed by atoms with van der Waals surface area (Å²) in [5.74, 6) is 0. The average molecular weight is 289 g/mol. The molecular formula is C9H9BrN2S2. The molecule has 0 aliphatic heterocycles. The summed E-state index contributed by atoms with van der Waals surface area (Å²) in [4.78, 5) is 5.67. The van der Waals surface area contributed by atoms with Crippen molar-refractivity contribution < 1.29 is 0 Å². The fraction of sp³-hybridized carbons (Fsp3) is 0.222. The van der Waals surface area contributed by atoms with E-state index in [0.29, 0.717) is 0 Å². The van der Waals surface area contributed by atoms with E-state index >= 15 is 0 Å². The molecule has 2 rings (SSSR count). The Hall–Kier alpha value is -0.230. The molecule has 0 spiro atoms. The van der Waals surface area contributed by atoms with E-state index in [-0.39, 0.29) is 6.04 Å². The van der Waals surface area contributed by atoms with Gasteiger partial charge >= 0.3 is 0 Å². The highest BCUT2D eigenvalue weighted by atomic mass is 79.9. The maximum atomic E-state index is 5.75. The van der Waals surface area contributed by atoms with E-state index in [9.17, 15) is 0 Å². The van der Waals surface area contributed by atoms with Crippen LogP contribution in [0.2, 0.25) is 0 Å². The molecule has 0 aliphatic carbocycles. The maximum Gasteiger partial charge on any atom is 0.133 e. The van der Waals surface area contributed by atoms with Gasteiger partial charge in [0.2, 0.25) is 0 Å². The standard InChI is InChI=1S/C9H9BrN2S2/c1-5(11)6-4-13-9(12-6)7-2-3-8(10)14-7/h2-5H,11H2,1H3. The number of hydrogen-bond donors (Lipinski definition) is 1. The van der Waals surface area contributed by atoms with Crippen LogP contribution in [-0.4, -0.2) is 4.98 Å². The van der Waals surface area contributed by atoms with Crippen molar-refractivity contribution in [1.29, 1.82) is 0 Å². The number of aromatic nitrogens is 1. The molecule has 5 heteroatoms. The molecule has 0 bridgehead atoms. The molecule has 14 heavy (non-hydrogen) atoms. The first-order chi connectivity index (χ1) is 6.66. The van der Waals surface area contributed by atoms with Gasteiger partial charge in [0.25, 0.3) is 0 Å². The first-order valence-electron chi connectivity index (χ1n) is 4.13. The molecular weight excluding hydrogens is 280 g/mol. The smallest absolute Gasteiger partial charge is 0.133 e. The third-order valence-corrected chi connectivity index (χ3v) is 4.43. The minimum atomic E-state index is 0.0170. The number of halogens is 1. The zero-order valence-corrected chi connectivity index (χ0v) is 10.7. The van der Waals surface area contributed by atoms with Crippen LogP contribution in [0.5, 0.6) is 0 Å². The summed E-state index contributed by atoms with van der Waals surface area (Å²) >= 11 is 6.77. The molecule has 2 nitrogen and oxygen atoms in total. The van der Waals surface area contributed by atoms with E-state index in [1.807, 2.05) is 18.4 Å². The largest absolute Gasteiger partial charge is 0.323 e. The Morgan fingerprint density at radius 3 is 2.79 bits per heavy atom. The lowest BCUT2D eigenvalue weighted by atomic mass is 10.3. The Morgan fingerprint density at radius 2 is 2.29 bits per heavy atom. The summed E-state index contributed by atoms with van der Waals surface area (Å²) in [6, 6.07) is 4.12. The first kappa shape index (κ1) is 10.3. The van der Waals surface area contributed by atoms with Crippen LogP contribution >= 0.6 is 38.6 Å². The average Bonchev–Trinajstić information content (AvgIpc) is 2.70. The normalized spacial score (nSPS) is 13.1. The quantitative estimate of drug-likeness (QED) is 0.916. The van der Waals surface area contributed by atoms with Crippen LogP contribution in [0.1, 0.15) is 18.7 Å². The SMILES string of the molecule is CC(N)c1csc(-c2ccc(Br)s2)n1. The van der Waals surface area contributed by atoms with Gasteiger partial charge in [-0.05, 0) is 35.0 Å². The van der Waals surface area contributed by atoms with Crippen molar-refractivity contribution in [2.24, 2.45) is 5.73 Å². The van der Waals surface area contributed by atoms with Crippen molar-refractivity contribution >= 4 is 38.6 Å². The van der Waals surface area contributed by atoms with Crippen molar-refractivity contribution in [3.8, 4) is 9.88 Å². The summed E-state index contributed by atoms with van der Waals surface area (Å²) in [5.41, 5.74) is 6.72. The third-order valence-electron chi connectivity index (χ3n) is 1.77. The van der Waals surface area contributed by atoms with Gasteiger partial charge in [0, 0.05) is 11.4 Å². The van der Waals surface area contributed by atoms with Gasteiger partial charge < -0.3 is 5.73 Å². The molecule has 74 valence electrons. The minimum absolute atomic E-state index is 0.0170. The zero-order chi connectivity index (χ0) is 10.1. The van der Waals surface area contributed by atoms with Gasteiger partial charge in [-0.1, -0.05) is 0 Å². The summed E-state index contributed by atoms with van der Waals surface area (Å²) in [6.45, 7) is 1.95. The van der Waals surface area contributed by atoms with Crippen molar-refractivity contribution in [3.63, 3.8) is 0 Å². The third kappa shape index (κ3) is 2.06. The van der Waals surface area contributed by atoms with Crippen molar-refractivity contribution in [2.45, 2.75) is 13.0 Å². The second-order valence-electron chi connectivity index (χ2n) is 2.97. The zero-order valence-electron chi connectivity index (χ0n) is 7.53. The molecule has 1 atom stereocenters. The van der Waals surface area contributed by atoms with Crippen LogP contribution < -0.4 is 5.73 Å². The van der Waals surface area contributed by atoms with Crippen LogP contribution in [-0.2, 0) is 0 Å². The Bertz CT molecular complexity index is 433. The molecule has 2 aromatic rings. The summed E-state index contributed by atoms with van der Waals surface area (Å²) < 4.78 is 1.13. The molecule has 0 fully saturated rings. The van der Waals surface area contributed by atoms with Gasteiger partial charge in [-0.3, -0.25) is 0 Å². The predicted molar refractivity (Wildman–Crippen MR) is 65.7 cm³/mol. The summed E-state index contributed by atoms with van der Waals surface area (Å²) in [6.07, 6.45) is 0. The van der Waals surface area contributed by atoms with E-state index in [1.165, 1.54) is 4.88 Å². The summed E-state index contributed by atoms with van der Waals surface area (Å²) in [7, 11) is 0. The van der Waals surface area contributed by atoms with Gasteiger partial charge in [-0.15, -0.1) is 22.7 Å². The van der Waals surface area contributed by atoms with Crippen molar-refractivity contribution in [1.82, 2.24) is 4.98 Å². The molecule has 1 unspecified atom stereocenters. The second-order valence-corrected chi connectivity index (χ2v) is 6.29. The van der Waals surface area contributed by atoms with E-state index in [2.05, 4.69) is 27.0 Å². The molecule has 0 saturated heterocycles. The van der Waals surface area contributed by atoms with Gasteiger partial charge in [-0.2, -0.15) is 0 Å². The lowest BCUT2D eigenvalue weighted by Gasteiger charge is -1.96. The Morgan fingerprint density at radius 1 is 1.50 bits per heavy atom. The summed E-state index contributed by atoms with van der Waals surface area (Å²) in [5, 5.41) is 3.07. The topological polar surface area (TPSA) is 38.9 Å². The van der Waals surface area contributed by atoms with Crippen LogP contribution in [0.4, 0.5) is 0 Å². The number of rotatable bonds is 2. The molecule has 0 radical (unpaired) electrons. The number of thiazole rings is 1. The monoisotopic (exact) mass is 288 g/mol. The first-order valence-corrected chi connectivity index (χ1v) is 6.62. The van der Waals surface area contributed by atoms with Gasteiger partial charge in [-0.25, -0.2) is 4.98 Å². The fourth-order valence-electron chi connectivity index (χ4n) is 1.04. The minimum Gasteiger partial charge on any atom is -0.323 e. The maximum absolute atomic E-state index is 5.75. The highest BCUT2D eigenvalue weighted by molar-refractivity contribution is 9.11. The van der Waals surface area contributed by atoms with Gasteiger partial charge in [0.05, 0.1) is 14.4 Å². The Labute approximate surface area is 98.9 Å². The molecule has 2 heterocycles. The molecule has 0 aliphatic rings. The fourth-order valence-corrected chi connectivity index (χ4v) is 3.42. The Balaban J connectivity index is 2.33. The van der Waals surface area contributed by atoms with Crippen LogP contribution in [0, 0.1) is 0 Å². The lowest BCUT2D eigenvalue weighted by Crippen LogP contribution is -2.04. The molecule has 0 saturated carbocycles. The van der Waals surface area contributed by atoms with Crippen LogP contribution in [0.25, 0.3) is 9.88 Å². The molecule has 2 aromatic heterocycles. The van der Waals surface area contributed by atoms with Crippen LogP contribution in [0.3, 0.4) is 0 Å². The van der Waals surface area contributed by atoms with Gasteiger partial charge in [0.1, 0.15) is 5.01 Å². The van der Waals surface area contributed by atoms with E-state index in [4.69, 9.17) is 5.73 Å². The van der Waals surface area contributed by atoms with Crippen molar-refractivity contribution in [2.75, 3.05) is 0 Å². The number of hydrogen-bond acceptors (Lipinski definition) is 4. The number of thiophene rings is 1. The predicted octanol–water partition coefficient (Wildman–Crippen LogP) is 3.65.